The Labute approximate surface area is 83.2 Å². The highest BCUT2D eigenvalue weighted by Gasteiger charge is 2.08. The van der Waals surface area contributed by atoms with E-state index in [0.29, 0.717) is 0 Å². The number of hydrogen-bond acceptors (Lipinski definition) is 3. The second-order valence-corrected chi connectivity index (χ2v) is 4.42. The highest BCUT2D eigenvalue weighted by atomic mass is 32.4. The first-order valence-corrected chi connectivity index (χ1v) is 5.96. The third-order valence-electron chi connectivity index (χ3n) is 1.42. The van der Waals surface area contributed by atoms with Gasteiger partial charge >= 0.3 is 7.07 Å². The molecule has 68 valence electrons. The molecule has 2 N–H and O–H groups in total. The molecule has 1 aromatic rings. The first-order chi connectivity index (χ1) is 6.26. The van der Waals surface area contributed by atoms with Crippen LogP contribution in [0, 0.1) is 5.41 Å². The van der Waals surface area contributed by atoms with Crippen molar-refractivity contribution >= 4 is 25.1 Å². The molecule has 0 aliphatic carbocycles. The fourth-order valence-corrected chi connectivity index (χ4v) is 1.43. The van der Waals surface area contributed by atoms with Crippen molar-refractivity contribution in [2.75, 3.05) is 7.05 Å². The Morgan fingerprint density at radius 2 is 2.08 bits per heavy atom. The van der Waals surface area contributed by atoms with Crippen molar-refractivity contribution in [1.29, 1.82) is 5.41 Å². The molecule has 1 rings (SSSR count). The summed E-state index contributed by atoms with van der Waals surface area (Å²) in [5.41, 5.74) is 0.852. The SMILES string of the molecule is CN[P+](=S)Oc1ccc(C=N)cc1. The normalized spacial score (nSPS) is 10.7. The quantitative estimate of drug-likeness (QED) is 0.594. The van der Waals surface area contributed by atoms with E-state index in [1.807, 2.05) is 12.1 Å². The third kappa shape index (κ3) is 3.19. The van der Waals surface area contributed by atoms with E-state index in [1.54, 1.807) is 19.2 Å². The van der Waals surface area contributed by atoms with Gasteiger partial charge in [0.1, 0.15) is 0 Å². The van der Waals surface area contributed by atoms with Gasteiger partial charge in [0, 0.05) is 13.3 Å². The number of nitrogens with one attached hydrogen (secondary N) is 2. The molecular weight excluding hydrogens is 203 g/mol. The predicted molar refractivity (Wildman–Crippen MR) is 58.3 cm³/mol. The van der Waals surface area contributed by atoms with E-state index in [2.05, 4.69) is 5.09 Å². The summed E-state index contributed by atoms with van der Waals surface area (Å²) < 4.78 is 5.36. The zero-order valence-electron chi connectivity index (χ0n) is 7.15. The molecule has 1 unspecified atom stereocenters. The minimum Gasteiger partial charge on any atom is -0.308 e. The molecule has 0 aromatic heterocycles. The van der Waals surface area contributed by atoms with Crippen molar-refractivity contribution in [2.45, 2.75) is 0 Å². The van der Waals surface area contributed by atoms with Gasteiger partial charge < -0.3 is 5.41 Å². The monoisotopic (exact) mass is 213 g/mol. The van der Waals surface area contributed by atoms with E-state index in [0.717, 1.165) is 11.3 Å². The van der Waals surface area contributed by atoms with Crippen LogP contribution in [0.2, 0.25) is 0 Å². The second-order valence-electron chi connectivity index (χ2n) is 2.29. The Morgan fingerprint density at radius 1 is 1.46 bits per heavy atom. The minimum absolute atomic E-state index is 0.737. The summed E-state index contributed by atoms with van der Waals surface area (Å²) in [6, 6.07) is 7.24. The van der Waals surface area contributed by atoms with Crippen LogP contribution in [0.15, 0.2) is 24.3 Å². The standard InChI is InChI=1S/C8H10N2OPS/c1-10-12(13)11-8-4-2-7(6-9)3-5-8/h2-6,9H,1H3,(H,10,13)/q+1. The van der Waals surface area contributed by atoms with Crippen LogP contribution in [0.3, 0.4) is 0 Å². The fraction of sp³-hybridized carbons (Fsp3) is 0.125. The molecule has 0 saturated heterocycles. The van der Waals surface area contributed by atoms with Crippen LogP contribution in [-0.2, 0) is 11.8 Å². The summed E-state index contributed by atoms with van der Waals surface area (Å²) in [5, 5.41) is 9.85. The van der Waals surface area contributed by atoms with Crippen LogP contribution >= 0.6 is 7.07 Å². The Balaban J connectivity index is 2.69. The van der Waals surface area contributed by atoms with Gasteiger partial charge in [0.05, 0.1) is 0 Å². The van der Waals surface area contributed by atoms with E-state index in [-0.39, 0.29) is 0 Å². The predicted octanol–water partition coefficient (Wildman–Crippen LogP) is 2.06. The molecule has 0 fully saturated rings. The van der Waals surface area contributed by atoms with E-state index >= 15 is 0 Å². The largest absolute Gasteiger partial charge is 0.489 e. The lowest BCUT2D eigenvalue weighted by Gasteiger charge is -1.94. The molecule has 0 bridgehead atoms. The maximum Gasteiger partial charge on any atom is 0.489 e. The molecule has 3 nitrogen and oxygen atoms in total. The van der Waals surface area contributed by atoms with Crippen molar-refractivity contribution in [3.8, 4) is 5.75 Å². The molecule has 0 spiro atoms. The summed E-state index contributed by atoms with van der Waals surface area (Å²) in [5.74, 6) is 0.737. The zero-order valence-corrected chi connectivity index (χ0v) is 8.86. The van der Waals surface area contributed by atoms with Gasteiger partial charge in [0.25, 0.3) is 0 Å². The van der Waals surface area contributed by atoms with Crippen molar-refractivity contribution in [2.24, 2.45) is 0 Å². The van der Waals surface area contributed by atoms with Gasteiger partial charge in [-0.2, -0.15) is 0 Å². The van der Waals surface area contributed by atoms with Gasteiger partial charge in [-0.15, -0.1) is 5.09 Å². The van der Waals surface area contributed by atoms with Gasteiger partial charge in [0.2, 0.25) is 11.8 Å². The molecule has 0 radical (unpaired) electrons. The fourth-order valence-electron chi connectivity index (χ4n) is 0.766. The Bertz CT molecular complexity index is 312. The van der Waals surface area contributed by atoms with Crippen LogP contribution in [0.4, 0.5) is 0 Å². The lowest BCUT2D eigenvalue weighted by Crippen LogP contribution is -1.96. The van der Waals surface area contributed by atoms with E-state index in [4.69, 9.17) is 21.7 Å². The van der Waals surface area contributed by atoms with Crippen LogP contribution in [0.25, 0.3) is 0 Å². The lowest BCUT2D eigenvalue weighted by molar-refractivity contribution is 0.621. The van der Waals surface area contributed by atoms with E-state index < -0.39 is 7.07 Å². The lowest BCUT2D eigenvalue weighted by atomic mass is 10.2. The molecular formula is C8H10N2OPS+. The van der Waals surface area contributed by atoms with Crippen LogP contribution in [0.5, 0.6) is 5.75 Å². The molecule has 0 saturated carbocycles. The summed E-state index contributed by atoms with van der Waals surface area (Å²) in [6.07, 6.45) is 1.29. The molecule has 13 heavy (non-hydrogen) atoms. The molecule has 1 aromatic carbocycles. The highest BCUT2D eigenvalue weighted by molar-refractivity contribution is 8.02. The first kappa shape index (κ1) is 10.3. The van der Waals surface area contributed by atoms with E-state index in [9.17, 15) is 0 Å². The van der Waals surface area contributed by atoms with Crippen LogP contribution < -0.4 is 9.61 Å². The number of rotatable bonds is 4. The molecule has 1 atom stereocenters. The topological polar surface area (TPSA) is 45.1 Å². The Kier molecular flexibility index (Phi) is 3.96. The second kappa shape index (κ2) is 5.02. The van der Waals surface area contributed by atoms with Gasteiger partial charge in [-0.1, -0.05) is 0 Å². The summed E-state index contributed by atoms with van der Waals surface area (Å²) in [4.78, 5) is 0. The van der Waals surface area contributed by atoms with Crippen molar-refractivity contribution in [3.05, 3.63) is 29.8 Å². The van der Waals surface area contributed by atoms with Crippen molar-refractivity contribution in [1.82, 2.24) is 5.09 Å². The summed E-state index contributed by atoms with van der Waals surface area (Å²) in [6.45, 7) is 0. The molecule has 5 heteroatoms. The average molecular weight is 213 g/mol. The minimum atomic E-state index is -0.992. The van der Waals surface area contributed by atoms with E-state index in [1.165, 1.54) is 6.21 Å². The molecule has 0 heterocycles. The maximum absolute atomic E-state index is 7.00. The van der Waals surface area contributed by atoms with Gasteiger partial charge in [0.15, 0.2) is 5.75 Å². The van der Waals surface area contributed by atoms with Crippen LogP contribution in [-0.4, -0.2) is 13.3 Å². The summed E-state index contributed by atoms with van der Waals surface area (Å²) in [7, 11) is 0.776. The first-order valence-electron chi connectivity index (χ1n) is 3.69. The van der Waals surface area contributed by atoms with Gasteiger partial charge in [-0.05, 0) is 29.8 Å². The molecule has 0 aliphatic heterocycles. The molecule has 0 aliphatic rings. The van der Waals surface area contributed by atoms with Gasteiger partial charge in [-0.3, -0.25) is 4.52 Å². The average Bonchev–Trinajstić information content (AvgIpc) is 2.19. The Hall–Kier alpha value is -0.830. The Morgan fingerprint density at radius 3 is 2.54 bits per heavy atom. The summed E-state index contributed by atoms with van der Waals surface area (Å²) >= 11 is 4.97. The number of benzene rings is 1. The zero-order chi connectivity index (χ0) is 9.68. The molecule has 0 amide bonds. The van der Waals surface area contributed by atoms with Crippen molar-refractivity contribution < 1.29 is 4.52 Å². The smallest absolute Gasteiger partial charge is 0.308 e. The van der Waals surface area contributed by atoms with Crippen LogP contribution in [0.1, 0.15) is 5.56 Å². The number of hydrogen-bond donors (Lipinski definition) is 2. The van der Waals surface area contributed by atoms with Crippen molar-refractivity contribution in [3.63, 3.8) is 0 Å². The highest BCUT2D eigenvalue weighted by Crippen LogP contribution is 2.22. The maximum atomic E-state index is 7.00. The van der Waals surface area contributed by atoms with Gasteiger partial charge in [-0.25, -0.2) is 0 Å². The third-order valence-corrected chi connectivity index (χ3v) is 2.93.